The van der Waals surface area contributed by atoms with Crippen LogP contribution >= 0.6 is 11.8 Å². The molecule has 1 aliphatic rings. The van der Waals surface area contributed by atoms with Crippen molar-refractivity contribution in [1.29, 1.82) is 0 Å². The van der Waals surface area contributed by atoms with Crippen LogP contribution in [0, 0.1) is 12.7 Å². The Morgan fingerprint density at radius 2 is 1.86 bits per heavy atom. The van der Waals surface area contributed by atoms with Crippen molar-refractivity contribution >= 4 is 39.3 Å². The van der Waals surface area contributed by atoms with Gasteiger partial charge >= 0.3 is 0 Å². The van der Waals surface area contributed by atoms with Crippen LogP contribution in [-0.2, 0) is 14.8 Å². The highest BCUT2D eigenvalue weighted by Crippen LogP contribution is 2.42. The summed E-state index contributed by atoms with van der Waals surface area (Å²) in [4.78, 5) is 26.5. The third-order valence-electron chi connectivity index (χ3n) is 4.60. The van der Waals surface area contributed by atoms with Gasteiger partial charge in [-0.2, -0.15) is 0 Å². The minimum absolute atomic E-state index is 0.0907. The maximum Gasteiger partial charge on any atom is 0.264 e. The fourth-order valence-corrected chi connectivity index (χ4v) is 4.71. The Balaban J connectivity index is 1.89. The molecule has 1 heterocycles. The van der Waals surface area contributed by atoms with E-state index in [0.29, 0.717) is 11.3 Å². The third-order valence-corrected chi connectivity index (χ3v) is 7.52. The predicted molar refractivity (Wildman–Crippen MR) is 112 cm³/mol. The molecule has 1 atom stereocenters. The van der Waals surface area contributed by atoms with Crippen LogP contribution in [0.2, 0.25) is 0 Å². The van der Waals surface area contributed by atoms with Gasteiger partial charge in [-0.3, -0.25) is 14.5 Å². The lowest BCUT2D eigenvalue weighted by atomic mass is 10.1. The van der Waals surface area contributed by atoms with Crippen molar-refractivity contribution in [2.24, 2.45) is 0 Å². The zero-order chi connectivity index (χ0) is 21.3. The molecule has 2 aromatic rings. The van der Waals surface area contributed by atoms with E-state index in [0.717, 1.165) is 5.56 Å². The number of aryl methyl sites for hydroxylation is 1. The fraction of sp³-hybridized carbons (Fsp3) is 0.300. The largest absolute Gasteiger partial charge is 0.295 e. The van der Waals surface area contributed by atoms with E-state index in [2.05, 4.69) is 4.72 Å². The Morgan fingerprint density at radius 1 is 1.21 bits per heavy atom. The number of rotatable bonds is 5. The summed E-state index contributed by atoms with van der Waals surface area (Å²) in [7, 11) is -3.74. The van der Waals surface area contributed by atoms with Crippen LogP contribution in [0.3, 0.4) is 0 Å². The first-order chi connectivity index (χ1) is 13.6. The number of hydrogen-bond acceptors (Lipinski definition) is 5. The molecule has 9 heteroatoms. The van der Waals surface area contributed by atoms with Crippen molar-refractivity contribution in [1.82, 2.24) is 4.72 Å². The van der Waals surface area contributed by atoms with Gasteiger partial charge in [0.25, 0.3) is 5.91 Å². The van der Waals surface area contributed by atoms with Gasteiger partial charge in [-0.15, -0.1) is 11.8 Å². The molecule has 2 amide bonds. The zero-order valence-corrected chi connectivity index (χ0v) is 17.8. The van der Waals surface area contributed by atoms with Crippen LogP contribution in [0.5, 0.6) is 0 Å². The number of benzene rings is 2. The minimum Gasteiger partial charge on any atom is -0.295 e. The van der Waals surface area contributed by atoms with Gasteiger partial charge in [0.15, 0.2) is 0 Å². The normalized spacial score (nSPS) is 17.1. The fourth-order valence-electron chi connectivity index (χ4n) is 2.93. The molecule has 2 aromatic carbocycles. The van der Waals surface area contributed by atoms with Gasteiger partial charge < -0.3 is 0 Å². The number of amides is 2. The molecule has 6 nitrogen and oxygen atoms in total. The van der Waals surface area contributed by atoms with E-state index < -0.39 is 21.2 Å². The standard InChI is InChI=1S/C20H21FN2O4S2/c1-12(2)29(26,27)22-19(25)15-6-9-17(13(3)10-15)23-18(24)11-28-20(23)14-4-7-16(21)8-5-14/h4-10,12,20H,11H2,1-3H3,(H,22,25). The van der Waals surface area contributed by atoms with E-state index in [1.54, 1.807) is 36.1 Å². The summed E-state index contributed by atoms with van der Waals surface area (Å²) < 4.78 is 39.2. The SMILES string of the molecule is Cc1cc(C(=O)NS(=O)(=O)C(C)C)ccc1N1C(=O)CSC1c1ccc(F)cc1. The van der Waals surface area contributed by atoms with Crippen molar-refractivity contribution in [3.63, 3.8) is 0 Å². The summed E-state index contributed by atoms with van der Waals surface area (Å²) in [6, 6.07) is 10.7. The molecule has 0 radical (unpaired) electrons. The molecule has 1 unspecified atom stereocenters. The van der Waals surface area contributed by atoms with Gasteiger partial charge in [0, 0.05) is 11.3 Å². The van der Waals surface area contributed by atoms with Gasteiger partial charge in [0.05, 0.1) is 11.0 Å². The Kier molecular flexibility index (Phi) is 6.00. The summed E-state index contributed by atoms with van der Waals surface area (Å²) in [5.74, 6) is -0.869. The van der Waals surface area contributed by atoms with E-state index >= 15 is 0 Å². The lowest BCUT2D eigenvalue weighted by Gasteiger charge is -2.26. The molecule has 1 aliphatic heterocycles. The Morgan fingerprint density at radius 3 is 2.45 bits per heavy atom. The lowest BCUT2D eigenvalue weighted by molar-refractivity contribution is -0.115. The summed E-state index contributed by atoms with van der Waals surface area (Å²) >= 11 is 1.44. The molecule has 3 rings (SSSR count). The molecule has 0 aromatic heterocycles. The number of thioether (sulfide) groups is 1. The Bertz CT molecular complexity index is 1050. The molecule has 0 aliphatic carbocycles. The molecule has 1 saturated heterocycles. The van der Waals surface area contributed by atoms with Gasteiger partial charge in [0.2, 0.25) is 15.9 Å². The third kappa shape index (κ3) is 4.45. The number of sulfonamides is 1. The smallest absolute Gasteiger partial charge is 0.264 e. The highest BCUT2D eigenvalue weighted by atomic mass is 32.2. The van der Waals surface area contributed by atoms with Crippen LogP contribution in [0.25, 0.3) is 0 Å². The van der Waals surface area contributed by atoms with Gasteiger partial charge in [-0.05, 0) is 62.2 Å². The second-order valence-electron chi connectivity index (χ2n) is 7.00. The first-order valence-corrected chi connectivity index (χ1v) is 11.6. The zero-order valence-electron chi connectivity index (χ0n) is 16.2. The molecule has 29 heavy (non-hydrogen) atoms. The van der Waals surface area contributed by atoms with E-state index in [4.69, 9.17) is 0 Å². The van der Waals surface area contributed by atoms with E-state index in [9.17, 15) is 22.4 Å². The molecular weight excluding hydrogens is 415 g/mol. The molecule has 1 fully saturated rings. The number of hydrogen-bond donors (Lipinski definition) is 1. The summed E-state index contributed by atoms with van der Waals surface area (Å²) in [5.41, 5.74) is 2.26. The number of carbonyl (C=O) groups is 2. The van der Waals surface area contributed by atoms with Gasteiger partial charge in [-0.25, -0.2) is 17.5 Å². The maximum absolute atomic E-state index is 13.3. The van der Waals surface area contributed by atoms with Crippen LogP contribution in [0.1, 0.15) is 40.7 Å². The van der Waals surface area contributed by atoms with E-state index in [1.807, 2.05) is 0 Å². The van der Waals surface area contributed by atoms with Gasteiger partial charge in [-0.1, -0.05) is 12.1 Å². The lowest BCUT2D eigenvalue weighted by Crippen LogP contribution is -2.36. The van der Waals surface area contributed by atoms with Crippen molar-refractivity contribution in [3.8, 4) is 0 Å². The minimum atomic E-state index is -3.74. The molecule has 1 N–H and O–H groups in total. The molecule has 0 bridgehead atoms. The van der Waals surface area contributed by atoms with E-state index in [-0.39, 0.29) is 28.4 Å². The first-order valence-electron chi connectivity index (χ1n) is 8.96. The molecule has 0 spiro atoms. The number of halogens is 1. The first kappa shape index (κ1) is 21.3. The maximum atomic E-state index is 13.3. The second-order valence-corrected chi connectivity index (χ2v) is 10.3. The van der Waals surface area contributed by atoms with Crippen LogP contribution < -0.4 is 9.62 Å². The average Bonchev–Trinajstić information content (AvgIpc) is 3.03. The average molecular weight is 437 g/mol. The monoisotopic (exact) mass is 436 g/mol. The van der Waals surface area contributed by atoms with Crippen LogP contribution in [-0.4, -0.2) is 31.2 Å². The van der Waals surface area contributed by atoms with Crippen molar-refractivity contribution in [3.05, 3.63) is 65.0 Å². The highest BCUT2D eigenvalue weighted by molar-refractivity contribution is 8.00. The predicted octanol–water partition coefficient (Wildman–Crippen LogP) is 3.38. The van der Waals surface area contributed by atoms with Crippen molar-refractivity contribution in [2.75, 3.05) is 10.7 Å². The van der Waals surface area contributed by atoms with Crippen molar-refractivity contribution in [2.45, 2.75) is 31.4 Å². The quantitative estimate of drug-likeness (QED) is 0.777. The number of nitrogens with zero attached hydrogens (tertiary/aromatic N) is 1. The number of anilines is 1. The van der Waals surface area contributed by atoms with Crippen molar-refractivity contribution < 1.29 is 22.4 Å². The Labute approximate surface area is 173 Å². The summed E-state index contributed by atoms with van der Waals surface area (Å²) in [6.07, 6.45) is 0. The highest BCUT2D eigenvalue weighted by Gasteiger charge is 2.35. The Hall–Kier alpha value is -2.39. The second kappa shape index (κ2) is 8.16. The summed E-state index contributed by atoms with van der Waals surface area (Å²) in [5, 5.41) is -1.04. The molecular formula is C20H21FN2O4S2. The molecule has 154 valence electrons. The molecule has 0 saturated carbocycles. The van der Waals surface area contributed by atoms with Gasteiger partial charge in [0.1, 0.15) is 11.2 Å². The van der Waals surface area contributed by atoms with Crippen LogP contribution in [0.4, 0.5) is 10.1 Å². The summed E-state index contributed by atoms with van der Waals surface area (Å²) in [6.45, 7) is 4.72. The number of nitrogens with one attached hydrogen (secondary N) is 1. The number of carbonyl (C=O) groups excluding carboxylic acids is 2. The topological polar surface area (TPSA) is 83.6 Å². The van der Waals surface area contributed by atoms with E-state index in [1.165, 1.54) is 43.8 Å². The van der Waals surface area contributed by atoms with Crippen LogP contribution in [0.15, 0.2) is 42.5 Å².